The molecule has 0 spiro atoms. The van der Waals surface area contributed by atoms with E-state index < -0.39 is 15.8 Å². The normalized spacial score (nSPS) is 11.6. The molecule has 0 fully saturated rings. The zero-order valence-electron chi connectivity index (χ0n) is 11.1. The first-order valence-corrected chi connectivity index (χ1v) is 8.27. The van der Waals surface area contributed by atoms with E-state index in [1.54, 1.807) is 25.3 Å². The number of nitrogens with one attached hydrogen (secondary N) is 1. The fourth-order valence-electron chi connectivity index (χ4n) is 1.90. The highest BCUT2D eigenvalue weighted by atomic mass is 32.2. The zero-order chi connectivity index (χ0) is 14.9. The van der Waals surface area contributed by atoms with E-state index >= 15 is 0 Å². The van der Waals surface area contributed by atoms with Gasteiger partial charge in [-0.3, -0.25) is 4.72 Å². The number of thiophene rings is 1. The molecule has 0 aliphatic heterocycles. The molecule has 3 N–H and O–H groups in total. The smallest absolute Gasteiger partial charge is 0.263 e. The third kappa shape index (κ3) is 2.84. The molecule has 1 aromatic carbocycles. The second-order valence-electron chi connectivity index (χ2n) is 4.46. The van der Waals surface area contributed by atoms with Crippen LogP contribution in [0.1, 0.15) is 16.0 Å². The summed E-state index contributed by atoms with van der Waals surface area (Å²) in [6, 6.07) is 4.27. The van der Waals surface area contributed by atoms with Gasteiger partial charge >= 0.3 is 0 Å². The SMILES string of the molecule is Cc1ccc(F)c(NS(=O)(=O)c2c(C)csc2CN)c1. The van der Waals surface area contributed by atoms with Crippen LogP contribution < -0.4 is 10.5 Å². The predicted octanol–water partition coefficient (Wildman–Crippen LogP) is 2.76. The Morgan fingerprint density at radius 3 is 2.70 bits per heavy atom. The third-order valence-corrected chi connectivity index (χ3v) is 5.66. The van der Waals surface area contributed by atoms with E-state index in [2.05, 4.69) is 4.72 Å². The van der Waals surface area contributed by atoms with Gasteiger partial charge in [0.15, 0.2) is 0 Å². The number of aryl methyl sites for hydroxylation is 2. The van der Waals surface area contributed by atoms with Gasteiger partial charge in [0.2, 0.25) is 0 Å². The summed E-state index contributed by atoms with van der Waals surface area (Å²) in [6.45, 7) is 3.58. The van der Waals surface area contributed by atoms with Crippen molar-refractivity contribution in [2.75, 3.05) is 4.72 Å². The zero-order valence-corrected chi connectivity index (χ0v) is 12.7. The van der Waals surface area contributed by atoms with Crippen molar-refractivity contribution in [2.24, 2.45) is 5.73 Å². The standard InChI is InChI=1S/C13H15FN2O2S2/c1-8-3-4-10(14)11(5-8)16-20(17,18)13-9(2)7-19-12(13)6-15/h3-5,7,16H,6,15H2,1-2H3. The number of hydrogen-bond acceptors (Lipinski definition) is 4. The molecule has 0 saturated carbocycles. The van der Waals surface area contributed by atoms with Crippen molar-refractivity contribution in [3.63, 3.8) is 0 Å². The maximum atomic E-state index is 13.7. The van der Waals surface area contributed by atoms with E-state index in [1.807, 2.05) is 0 Å². The number of anilines is 1. The summed E-state index contributed by atoms with van der Waals surface area (Å²) in [5.41, 5.74) is 6.87. The van der Waals surface area contributed by atoms with Gasteiger partial charge in [0.05, 0.1) is 5.69 Å². The van der Waals surface area contributed by atoms with Gasteiger partial charge in [0.1, 0.15) is 10.7 Å². The minimum Gasteiger partial charge on any atom is -0.326 e. The molecule has 0 saturated heterocycles. The molecule has 7 heteroatoms. The van der Waals surface area contributed by atoms with Crippen LogP contribution in [0.5, 0.6) is 0 Å². The minimum absolute atomic E-state index is 0.0569. The molecule has 0 radical (unpaired) electrons. The lowest BCUT2D eigenvalue weighted by Gasteiger charge is -2.11. The number of hydrogen-bond donors (Lipinski definition) is 2. The monoisotopic (exact) mass is 314 g/mol. The average molecular weight is 314 g/mol. The van der Waals surface area contributed by atoms with Crippen LogP contribution in [0.3, 0.4) is 0 Å². The molecular formula is C13H15FN2O2S2. The first-order valence-electron chi connectivity index (χ1n) is 5.91. The van der Waals surface area contributed by atoms with Crippen molar-refractivity contribution < 1.29 is 12.8 Å². The van der Waals surface area contributed by atoms with E-state index in [9.17, 15) is 12.8 Å². The van der Waals surface area contributed by atoms with Gasteiger partial charge in [-0.1, -0.05) is 6.07 Å². The molecule has 4 nitrogen and oxygen atoms in total. The summed E-state index contributed by atoms with van der Waals surface area (Å²) in [5.74, 6) is -0.610. The van der Waals surface area contributed by atoms with Crippen LogP contribution in [0.4, 0.5) is 10.1 Å². The molecule has 1 aromatic heterocycles. The van der Waals surface area contributed by atoms with Crippen LogP contribution >= 0.6 is 11.3 Å². The van der Waals surface area contributed by atoms with Gasteiger partial charge < -0.3 is 5.73 Å². The molecule has 0 unspecified atom stereocenters. The maximum Gasteiger partial charge on any atom is 0.263 e. The molecule has 20 heavy (non-hydrogen) atoms. The van der Waals surface area contributed by atoms with Gasteiger partial charge in [-0.05, 0) is 42.5 Å². The number of halogens is 1. The maximum absolute atomic E-state index is 13.7. The number of sulfonamides is 1. The summed E-state index contributed by atoms with van der Waals surface area (Å²) in [5, 5.41) is 1.73. The van der Waals surface area contributed by atoms with Crippen molar-refractivity contribution in [1.29, 1.82) is 0 Å². The van der Waals surface area contributed by atoms with Gasteiger partial charge in [0.25, 0.3) is 10.0 Å². The summed E-state index contributed by atoms with van der Waals surface area (Å²) >= 11 is 1.28. The molecule has 1 heterocycles. The molecule has 108 valence electrons. The summed E-state index contributed by atoms with van der Waals surface area (Å²) in [4.78, 5) is 0.703. The Hall–Kier alpha value is -1.44. The van der Waals surface area contributed by atoms with Crippen molar-refractivity contribution in [1.82, 2.24) is 0 Å². The predicted molar refractivity (Wildman–Crippen MR) is 78.9 cm³/mol. The Kier molecular flexibility index (Phi) is 4.12. The quantitative estimate of drug-likeness (QED) is 0.911. The minimum atomic E-state index is -3.84. The average Bonchev–Trinajstić information content (AvgIpc) is 2.75. The Balaban J connectivity index is 2.46. The first-order chi connectivity index (χ1) is 9.35. The third-order valence-electron chi connectivity index (χ3n) is 2.81. The van der Waals surface area contributed by atoms with E-state index in [0.717, 1.165) is 5.56 Å². The van der Waals surface area contributed by atoms with E-state index in [0.29, 0.717) is 10.4 Å². The van der Waals surface area contributed by atoms with E-state index in [1.165, 1.54) is 23.5 Å². The van der Waals surface area contributed by atoms with E-state index in [-0.39, 0.29) is 17.1 Å². The summed E-state index contributed by atoms with van der Waals surface area (Å²) < 4.78 is 40.8. The molecule has 0 amide bonds. The van der Waals surface area contributed by atoms with Crippen LogP contribution in [0.15, 0.2) is 28.5 Å². The van der Waals surface area contributed by atoms with Crippen LogP contribution in [-0.4, -0.2) is 8.42 Å². The van der Waals surface area contributed by atoms with Gasteiger partial charge in [-0.25, -0.2) is 12.8 Å². The van der Waals surface area contributed by atoms with Crippen molar-refractivity contribution in [2.45, 2.75) is 25.3 Å². The highest BCUT2D eigenvalue weighted by molar-refractivity contribution is 7.93. The lowest BCUT2D eigenvalue weighted by molar-refractivity contribution is 0.597. The number of rotatable bonds is 4. The van der Waals surface area contributed by atoms with Crippen LogP contribution in [0.25, 0.3) is 0 Å². The second-order valence-corrected chi connectivity index (χ2v) is 7.05. The van der Waals surface area contributed by atoms with Crippen molar-refractivity contribution in [3.8, 4) is 0 Å². The summed E-state index contributed by atoms with van der Waals surface area (Å²) in [7, 11) is -3.84. The Labute approximate surface area is 121 Å². The molecule has 2 rings (SSSR count). The van der Waals surface area contributed by atoms with Crippen molar-refractivity contribution >= 4 is 27.0 Å². The topological polar surface area (TPSA) is 72.2 Å². The molecule has 2 aromatic rings. The molecule has 0 aliphatic carbocycles. The van der Waals surface area contributed by atoms with Crippen LogP contribution in [0.2, 0.25) is 0 Å². The van der Waals surface area contributed by atoms with Crippen LogP contribution in [0, 0.1) is 19.7 Å². The van der Waals surface area contributed by atoms with E-state index in [4.69, 9.17) is 5.73 Å². The Bertz CT molecular complexity index is 739. The Morgan fingerprint density at radius 2 is 2.05 bits per heavy atom. The Morgan fingerprint density at radius 1 is 1.35 bits per heavy atom. The second kappa shape index (κ2) is 5.51. The fraction of sp³-hybridized carbons (Fsp3) is 0.231. The number of nitrogens with two attached hydrogens (primary N) is 1. The lowest BCUT2D eigenvalue weighted by atomic mass is 10.2. The molecule has 0 aliphatic rings. The molecular weight excluding hydrogens is 299 g/mol. The highest BCUT2D eigenvalue weighted by Gasteiger charge is 2.23. The first kappa shape index (κ1) is 15.0. The van der Waals surface area contributed by atoms with Crippen LogP contribution in [-0.2, 0) is 16.6 Å². The summed E-state index contributed by atoms with van der Waals surface area (Å²) in [6.07, 6.45) is 0. The number of benzene rings is 1. The fourth-order valence-corrected chi connectivity index (χ4v) is 4.67. The van der Waals surface area contributed by atoms with Gasteiger partial charge in [-0.15, -0.1) is 11.3 Å². The highest BCUT2D eigenvalue weighted by Crippen LogP contribution is 2.29. The van der Waals surface area contributed by atoms with Crippen molar-refractivity contribution in [3.05, 3.63) is 45.4 Å². The molecule has 0 bridgehead atoms. The molecule has 0 atom stereocenters. The lowest BCUT2D eigenvalue weighted by Crippen LogP contribution is -2.16. The van der Waals surface area contributed by atoms with Gasteiger partial charge in [-0.2, -0.15) is 0 Å². The largest absolute Gasteiger partial charge is 0.326 e. The van der Waals surface area contributed by atoms with Gasteiger partial charge in [0, 0.05) is 11.4 Å².